The second kappa shape index (κ2) is 3.53. The van der Waals surface area contributed by atoms with Crippen molar-refractivity contribution in [2.24, 2.45) is 0 Å². The molecule has 1 heterocycles. The molecule has 14 heavy (non-hydrogen) atoms. The summed E-state index contributed by atoms with van der Waals surface area (Å²) in [7, 11) is 0. The van der Waals surface area contributed by atoms with Gasteiger partial charge in [0.15, 0.2) is 5.82 Å². The Morgan fingerprint density at radius 1 is 1.29 bits per heavy atom. The fourth-order valence-electron chi connectivity index (χ4n) is 1.30. The summed E-state index contributed by atoms with van der Waals surface area (Å²) < 4.78 is 1.04. The van der Waals surface area contributed by atoms with Crippen molar-refractivity contribution in [1.29, 1.82) is 0 Å². The number of hydrogen-bond acceptors (Lipinski definition) is 2. The van der Waals surface area contributed by atoms with Gasteiger partial charge in [0.25, 0.3) is 0 Å². The zero-order chi connectivity index (χ0) is 10.1. The number of halogens is 1. The quantitative estimate of drug-likeness (QED) is 0.847. The molecule has 2 aromatic rings. The Labute approximate surface area is 90.7 Å². The van der Waals surface area contributed by atoms with Crippen LogP contribution in [0.15, 0.2) is 22.7 Å². The molecule has 4 heteroatoms. The van der Waals surface area contributed by atoms with Gasteiger partial charge in [-0.15, -0.1) is 0 Å². The summed E-state index contributed by atoms with van der Waals surface area (Å²) in [6, 6.07) is 6.08. The van der Waals surface area contributed by atoms with Gasteiger partial charge in [-0.1, -0.05) is 22.0 Å². The van der Waals surface area contributed by atoms with Crippen LogP contribution >= 0.6 is 15.9 Å². The van der Waals surface area contributed by atoms with Crippen molar-refractivity contribution in [3.63, 3.8) is 0 Å². The summed E-state index contributed by atoms with van der Waals surface area (Å²) in [4.78, 5) is 4.30. The molecule has 72 valence electrons. The normalized spacial score (nSPS) is 10.5. The first kappa shape index (κ1) is 9.40. The molecule has 1 N–H and O–H groups in total. The molecule has 0 fully saturated rings. The van der Waals surface area contributed by atoms with E-state index >= 15 is 0 Å². The first-order chi connectivity index (χ1) is 6.66. The number of H-pyrrole nitrogens is 1. The van der Waals surface area contributed by atoms with Crippen molar-refractivity contribution in [2.75, 3.05) is 0 Å². The van der Waals surface area contributed by atoms with E-state index in [1.807, 2.05) is 32.0 Å². The van der Waals surface area contributed by atoms with Crippen LogP contribution < -0.4 is 0 Å². The molecule has 1 aromatic carbocycles. The molecule has 1 aromatic heterocycles. The summed E-state index contributed by atoms with van der Waals surface area (Å²) >= 11 is 3.43. The summed E-state index contributed by atoms with van der Waals surface area (Å²) in [6.07, 6.45) is 0. The summed E-state index contributed by atoms with van der Waals surface area (Å²) in [5, 5.41) is 6.97. The smallest absolute Gasteiger partial charge is 0.181 e. The van der Waals surface area contributed by atoms with Crippen molar-refractivity contribution in [3.05, 3.63) is 34.1 Å². The minimum absolute atomic E-state index is 0.751. The van der Waals surface area contributed by atoms with Crippen molar-refractivity contribution >= 4 is 15.9 Å². The van der Waals surface area contributed by atoms with E-state index in [4.69, 9.17) is 0 Å². The zero-order valence-corrected chi connectivity index (χ0v) is 9.59. The van der Waals surface area contributed by atoms with Crippen LogP contribution in [0.4, 0.5) is 0 Å². The zero-order valence-electron chi connectivity index (χ0n) is 8.00. The van der Waals surface area contributed by atoms with E-state index in [9.17, 15) is 0 Å². The van der Waals surface area contributed by atoms with Gasteiger partial charge in [-0.2, -0.15) is 5.10 Å². The number of nitrogens with zero attached hydrogens (tertiary/aromatic N) is 2. The minimum atomic E-state index is 0.751. The van der Waals surface area contributed by atoms with Crippen LogP contribution in [0, 0.1) is 13.8 Å². The fourth-order valence-corrected chi connectivity index (χ4v) is 1.66. The highest BCUT2D eigenvalue weighted by Gasteiger charge is 2.06. The third-order valence-electron chi connectivity index (χ3n) is 2.04. The molecule has 2 rings (SSSR count). The Balaban J connectivity index is 2.55. The van der Waals surface area contributed by atoms with E-state index in [0.29, 0.717) is 0 Å². The Hall–Kier alpha value is -1.16. The fraction of sp³-hybridized carbons (Fsp3) is 0.200. The Morgan fingerprint density at radius 3 is 2.71 bits per heavy atom. The van der Waals surface area contributed by atoms with E-state index < -0.39 is 0 Å². The van der Waals surface area contributed by atoms with Crippen molar-refractivity contribution in [3.8, 4) is 11.4 Å². The standard InChI is InChI=1S/C10H10BrN3/c1-6-3-4-8(11)5-9(6)10-12-7(2)13-14-10/h3-5H,1-2H3,(H,12,13,14). The van der Waals surface area contributed by atoms with E-state index in [-0.39, 0.29) is 0 Å². The van der Waals surface area contributed by atoms with E-state index in [2.05, 4.69) is 31.1 Å². The third kappa shape index (κ3) is 1.70. The first-order valence-electron chi connectivity index (χ1n) is 4.32. The predicted octanol–water partition coefficient (Wildman–Crippen LogP) is 2.85. The number of aryl methyl sites for hydroxylation is 2. The topological polar surface area (TPSA) is 41.6 Å². The molecule has 0 saturated carbocycles. The lowest BCUT2D eigenvalue weighted by atomic mass is 10.1. The number of aromatic amines is 1. The molecule has 0 atom stereocenters. The van der Waals surface area contributed by atoms with Crippen LogP contribution in [0.2, 0.25) is 0 Å². The van der Waals surface area contributed by atoms with Crippen molar-refractivity contribution < 1.29 is 0 Å². The van der Waals surface area contributed by atoms with Crippen LogP contribution in [0.1, 0.15) is 11.4 Å². The monoisotopic (exact) mass is 251 g/mol. The largest absolute Gasteiger partial charge is 0.263 e. The third-order valence-corrected chi connectivity index (χ3v) is 2.53. The van der Waals surface area contributed by atoms with Gasteiger partial charge in [0.1, 0.15) is 5.82 Å². The highest BCUT2D eigenvalue weighted by atomic mass is 79.9. The number of nitrogens with one attached hydrogen (secondary N) is 1. The first-order valence-corrected chi connectivity index (χ1v) is 5.11. The maximum Gasteiger partial charge on any atom is 0.181 e. The SMILES string of the molecule is Cc1nc(-c2cc(Br)ccc2C)n[nH]1. The van der Waals surface area contributed by atoms with Crippen molar-refractivity contribution in [2.45, 2.75) is 13.8 Å². The molecule has 0 aliphatic carbocycles. The average Bonchev–Trinajstić information content (AvgIpc) is 2.56. The predicted molar refractivity (Wildman–Crippen MR) is 59.0 cm³/mol. The van der Waals surface area contributed by atoms with Gasteiger partial charge in [-0.05, 0) is 31.5 Å². The number of aromatic nitrogens is 3. The van der Waals surface area contributed by atoms with E-state index in [1.165, 1.54) is 5.56 Å². The Bertz CT molecular complexity index is 462. The van der Waals surface area contributed by atoms with Gasteiger partial charge in [0.2, 0.25) is 0 Å². The Morgan fingerprint density at radius 2 is 2.07 bits per heavy atom. The van der Waals surface area contributed by atoms with Crippen LogP contribution in [0.25, 0.3) is 11.4 Å². The number of benzene rings is 1. The van der Waals surface area contributed by atoms with E-state index in [0.717, 1.165) is 21.7 Å². The van der Waals surface area contributed by atoms with Gasteiger partial charge >= 0.3 is 0 Å². The van der Waals surface area contributed by atoms with Gasteiger partial charge in [0, 0.05) is 10.0 Å². The summed E-state index contributed by atoms with van der Waals surface area (Å²) in [5.74, 6) is 1.58. The van der Waals surface area contributed by atoms with Gasteiger partial charge < -0.3 is 0 Å². The van der Waals surface area contributed by atoms with Crippen LogP contribution in [-0.2, 0) is 0 Å². The molecule has 0 saturated heterocycles. The number of hydrogen-bond donors (Lipinski definition) is 1. The van der Waals surface area contributed by atoms with E-state index in [1.54, 1.807) is 0 Å². The van der Waals surface area contributed by atoms with Gasteiger partial charge in [-0.25, -0.2) is 4.98 Å². The molecule has 0 radical (unpaired) electrons. The molecule has 0 aliphatic rings. The number of rotatable bonds is 1. The van der Waals surface area contributed by atoms with Crippen LogP contribution in [0.5, 0.6) is 0 Å². The molecule has 3 nitrogen and oxygen atoms in total. The molecule has 0 amide bonds. The van der Waals surface area contributed by atoms with Crippen molar-refractivity contribution in [1.82, 2.24) is 15.2 Å². The molecule has 0 bridgehead atoms. The highest BCUT2D eigenvalue weighted by molar-refractivity contribution is 9.10. The van der Waals surface area contributed by atoms with Gasteiger partial charge in [-0.3, -0.25) is 5.10 Å². The molecule has 0 spiro atoms. The molecule has 0 aliphatic heterocycles. The molecular weight excluding hydrogens is 242 g/mol. The van der Waals surface area contributed by atoms with Crippen LogP contribution in [0.3, 0.4) is 0 Å². The molecular formula is C10H10BrN3. The summed E-state index contributed by atoms with van der Waals surface area (Å²) in [6.45, 7) is 3.94. The maximum absolute atomic E-state index is 4.30. The summed E-state index contributed by atoms with van der Waals surface area (Å²) in [5.41, 5.74) is 2.23. The highest BCUT2D eigenvalue weighted by Crippen LogP contribution is 2.23. The average molecular weight is 252 g/mol. The second-order valence-electron chi connectivity index (χ2n) is 3.20. The lowest BCUT2D eigenvalue weighted by Crippen LogP contribution is -1.85. The minimum Gasteiger partial charge on any atom is -0.263 e. The lowest BCUT2D eigenvalue weighted by molar-refractivity contribution is 1.04. The van der Waals surface area contributed by atoms with Crippen LogP contribution in [-0.4, -0.2) is 15.2 Å². The second-order valence-corrected chi connectivity index (χ2v) is 4.12. The molecule has 0 unspecified atom stereocenters. The maximum atomic E-state index is 4.30. The van der Waals surface area contributed by atoms with Gasteiger partial charge in [0.05, 0.1) is 0 Å². The Kier molecular flexibility index (Phi) is 2.37. The lowest BCUT2D eigenvalue weighted by Gasteiger charge is -2.01.